The third-order valence-corrected chi connectivity index (χ3v) is 4.73. The van der Waals surface area contributed by atoms with Crippen LogP contribution in [0, 0.1) is 0 Å². The maximum atomic E-state index is 11.1. The van der Waals surface area contributed by atoms with Crippen molar-refractivity contribution >= 4 is 0 Å². The molecule has 1 heterocycles. The summed E-state index contributed by atoms with van der Waals surface area (Å²) in [6.45, 7) is 2.57. The molecule has 6 heteroatoms. The fraction of sp³-hybridized carbons (Fsp3) is 0.625. The van der Waals surface area contributed by atoms with Gasteiger partial charge in [0.2, 0.25) is 0 Å². The van der Waals surface area contributed by atoms with Gasteiger partial charge in [0.15, 0.2) is 5.79 Å². The van der Waals surface area contributed by atoms with E-state index in [0.29, 0.717) is 30.3 Å². The quantitative estimate of drug-likeness (QED) is 0.873. The molecule has 0 spiro atoms. The van der Waals surface area contributed by atoms with Gasteiger partial charge in [-0.25, -0.2) is 0 Å². The Balaban J connectivity index is 2.08. The van der Waals surface area contributed by atoms with Crippen LogP contribution in [0.15, 0.2) is 12.1 Å². The van der Waals surface area contributed by atoms with Gasteiger partial charge in [0.25, 0.3) is 0 Å². The summed E-state index contributed by atoms with van der Waals surface area (Å²) in [7, 11) is 3.12. The molecule has 0 bridgehead atoms. The van der Waals surface area contributed by atoms with Crippen molar-refractivity contribution in [2.45, 2.75) is 37.3 Å². The molecular weight excluding hydrogens is 288 g/mol. The van der Waals surface area contributed by atoms with Crippen molar-refractivity contribution in [2.75, 3.05) is 27.4 Å². The third-order valence-electron chi connectivity index (χ3n) is 4.73. The SMILES string of the molecule is COc1ccc(OC)c2c1C[C@@](O)(C1(C)OCCO1)C[C@@H]2O. The standard InChI is InChI=1S/C16H22O6/c1-15(21-6-7-22-15)16(18)8-10-12(19-2)4-5-13(20-3)14(10)11(17)9-16/h4-5,11,17-18H,6-9H2,1-3H3/t11-,16-/m0/s1. The Kier molecular flexibility index (Phi) is 3.81. The maximum Gasteiger partial charge on any atom is 0.195 e. The highest BCUT2D eigenvalue weighted by Crippen LogP contribution is 2.49. The summed E-state index contributed by atoms with van der Waals surface area (Å²) in [6, 6.07) is 3.53. The molecule has 22 heavy (non-hydrogen) atoms. The summed E-state index contributed by atoms with van der Waals surface area (Å²) in [6.07, 6.45) is -0.514. The zero-order valence-corrected chi connectivity index (χ0v) is 13.1. The average Bonchev–Trinajstić information content (AvgIpc) is 2.94. The van der Waals surface area contributed by atoms with Gasteiger partial charge in [-0.3, -0.25) is 0 Å². The van der Waals surface area contributed by atoms with E-state index in [-0.39, 0.29) is 12.8 Å². The molecular formula is C16H22O6. The van der Waals surface area contributed by atoms with Crippen LogP contribution in [0.3, 0.4) is 0 Å². The van der Waals surface area contributed by atoms with E-state index < -0.39 is 17.5 Å². The van der Waals surface area contributed by atoms with Gasteiger partial charge in [-0.05, 0) is 19.1 Å². The van der Waals surface area contributed by atoms with Crippen LogP contribution in [0.25, 0.3) is 0 Å². The van der Waals surface area contributed by atoms with E-state index >= 15 is 0 Å². The Bertz CT molecular complexity index is 566. The van der Waals surface area contributed by atoms with E-state index in [0.717, 1.165) is 5.56 Å². The molecule has 0 saturated carbocycles. The summed E-state index contributed by atoms with van der Waals surface area (Å²) in [5.41, 5.74) is 0.0480. The molecule has 0 aromatic heterocycles. The summed E-state index contributed by atoms with van der Waals surface area (Å²) in [4.78, 5) is 0. The molecule has 0 amide bonds. The predicted molar refractivity (Wildman–Crippen MR) is 78.1 cm³/mol. The van der Waals surface area contributed by atoms with Gasteiger partial charge in [-0.1, -0.05) is 0 Å². The van der Waals surface area contributed by atoms with Crippen LogP contribution < -0.4 is 9.47 Å². The smallest absolute Gasteiger partial charge is 0.195 e. The minimum absolute atomic E-state index is 0.111. The second-order valence-corrected chi connectivity index (χ2v) is 5.93. The highest BCUT2D eigenvalue weighted by Gasteiger charge is 2.55. The Morgan fingerprint density at radius 3 is 2.32 bits per heavy atom. The number of hydrogen-bond donors (Lipinski definition) is 2. The number of hydrogen-bond acceptors (Lipinski definition) is 6. The molecule has 2 aliphatic rings. The maximum absolute atomic E-state index is 11.1. The van der Waals surface area contributed by atoms with Gasteiger partial charge < -0.3 is 29.2 Å². The molecule has 122 valence electrons. The summed E-state index contributed by atoms with van der Waals surface area (Å²) < 4.78 is 22.0. The van der Waals surface area contributed by atoms with Crippen LogP contribution in [0.1, 0.15) is 30.6 Å². The van der Waals surface area contributed by atoms with E-state index in [1.807, 2.05) is 0 Å². The van der Waals surface area contributed by atoms with Gasteiger partial charge in [0.1, 0.15) is 17.1 Å². The molecule has 3 rings (SSSR count). The Hall–Kier alpha value is -1.34. The van der Waals surface area contributed by atoms with Crippen molar-refractivity contribution in [1.29, 1.82) is 0 Å². The molecule has 1 aliphatic heterocycles. The van der Waals surface area contributed by atoms with Crippen molar-refractivity contribution in [3.63, 3.8) is 0 Å². The lowest BCUT2D eigenvalue weighted by Crippen LogP contribution is -2.57. The molecule has 0 radical (unpaired) electrons. The number of rotatable bonds is 3. The number of aliphatic hydroxyl groups is 2. The largest absolute Gasteiger partial charge is 0.496 e. The minimum atomic E-state index is -1.34. The van der Waals surface area contributed by atoms with Crippen molar-refractivity contribution < 1.29 is 29.2 Å². The Morgan fingerprint density at radius 1 is 1.14 bits per heavy atom. The first-order valence-electron chi connectivity index (χ1n) is 7.36. The topological polar surface area (TPSA) is 77.4 Å². The molecule has 6 nitrogen and oxygen atoms in total. The summed E-state index contributed by atoms with van der Waals surface area (Å²) in [5, 5.41) is 21.7. The van der Waals surface area contributed by atoms with E-state index in [2.05, 4.69) is 0 Å². The third kappa shape index (κ3) is 2.18. The van der Waals surface area contributed by atoms with Crippen molar-refractivity contribution in [1.82, 2.24) is 0 Å². The molecule has 1 fully saturated rings. The normalized spacial score (nSPS) is 30.0. The predicted octanol–water partition coefficient (Wildman–Crippen LogP) is 1.18. The van der Waals surface area contributed by atoms with Gasteiger partial charge in [-0.2, -0.15) is 0 Å². The van der Waals surface area contributed by atoms with E-state index in [9.17, 15) is 10.2 Å². The van der Waals surface area contributed by atoms with Crippen molar-refractivity contribution in [3.05, 3.63) is 23.3 Å². The Labute approximate surface area is 129 Å². The number of fused-ring (bicyclic) bond motifs is 1. The number of benzene rings is 1. The first-order valence-corrected chi connectivity index (χ1v) is 7.36. The molecule has 1 aromatic carbocycles. The average molecular weight is 310 g/mol. The summed E-state index contributed by atoms with van der Waals surface area (Å²) >= 11 is 0. The molecule has 2 N–H and O–H groups in total. The molecule has 0 unspecified atom stereocenters. The van der Waals surface area contributed by atoms with Crippen LogP contribution in [-0.2, 0) is 15.9 Å². The highest BCUT2D eigenvalue weighted by atomic mass is 16.7. The van der Waals surface area contributed by atoms with Crippen LogP contribution in [0.5, 0.6) is 11.5 Å². The van der Waals surface area contributed by atoms with E-state index in [1.165, 1.54) is 0 Å². The highest BCUT2D eigenvalue weighted by molar-refractivity contribution is 5.52. The van der Waals surface area contributed by atoms with Crippen molar-refractivity contribution in [3.8, 4) is 11.5 Å². The molecule has 1 saturated heterocycles. The van der Waals surface area contributed by atoms with Gasteiger partial charge in [-0.15, -0.1) is 0 Å². The zero-order chi connectivity index (χ0) is 16.0. The molecule has 2 atom stereocenters. The second kappa shape index (κ2) is 5.38. The van der Waals surface area contributed by atoms with Gasteiger partial charge in [0.05, 0.1) is 33.5 Å². The number of methoxy groups -OCH3 is 2. The monoisotopic (exact) mass is 310 g/mol. The van der Waals surface area contributed by atoms with Crippen LogP contribution in [0.2, 0.25) is 0 Å². The summed E-state index contributed by atoms with van der Waals surface area (Å²) in [5.74, 6) is 0.0538. The minimum Gasteiger partial charge on any atom is -0.496 e. The van der Waals surface area contributed by atoms with Crippen LogP contribution in [0.4, 0.5) is 0 Å². The molecule has 1 aromatic rings. The first kappa shape index (κ1) is 15.6. The fourth-order valence-electron chi connectivity index (χ4n) is 3.46. The number of aliphatic hydroxyl groups excluding tert-OH is 1. The van der Waals surface area contributed by atoms with E-state index in [4.69, 9.17) is 18.9 Å². The zero-order valence-electron chi connectivity index (χ0n) is 13.1. The number of ether oxygens (including phenoxy) is 4. The molecule has 1 aliphatic carbocycles. The van der Waals surface area contributed by atoms with Crippen molar-refractivity contribution in [2.24, 2.45) is 0 Å². The lowest BCUT2D eigenvalue weighted by atomic mass is 9.74. The van der Waals surface area contributed by atoms with Gasteiger partial charge in [0, 0.05) is 24.0 Å². The van der Waals surface area contributed by atoms with Gasteiger partial charge >= 0.3 is 0 Å². The van der Waals surface area contributed by atoms with Crippen LogP contribution >= 0.6 is 0 Å². The first-order chi connectivity index (χ1) is 10.4. The van der Waals surface area contributed by atoms with E-state index in [1.54, 1.807) is 33.3 Å². The fourth-order valence-corrected chi connectivity index (χ4v) is 3.46. The lowest BCUT2D eigenvalue weighted by Gasteiger charge is -2.45. The Morgan fingerprint density at radius 2 is 1.73 bits per heavy atom. The lowest BCUT2D eigenvalue weighted by molar-refractivity contribution is -0.269. The van der Waals surface area contributed by atoms with Crippen LogP contribution in [-0.4, -0.2) is 49.0 Å². The second-order valence-electron chi connectivity index (χ2n) is 5.93.